The molecule has 0 radical (unpaired) electrons. The van der Waals surface area contributed by atoms with Crippen molar-refractivity contribution in [3.05, 3.63) is 24.3 Å². The maximum Gasteiger partial charge on any atom is 0.410 e. The fraction of sp³-hybridized carbons (Fsp3) is 0.625. The molecule has 23 heavy (non-hydrogen) atoms. The summed E-state index contributed by atoms with van der Waals surface area (Å²) in [7, 11) is 0. The first-order valence-corrected chi connectivity index (χ1v) is 7.73. The Morgan fingerprint density at radius 2 is 2.13 bits per heavy atom. The highest BCUT2D eigenvalue weighted by molar-refractivity contribution is 5.94. The molecular formula is C16H23N3O4. The van der Waals surface area contributed by atoms with E-state index in [1.165, 1.54) is 18.6 Å². The monoisotopic (exact) mass is 321 g/mol. The van der Waals surface area contributed by atoms with Gasteiger partial charge in [0.15, 0.2) is 0 Å². The first kappa shape index (κ1) is 17.3. The summed E-state index contributed by atoms with van der Waals surface area (Å²) in [6, 6.07) is -0.0560. The van der Waals surface area contributed by atoms with Crippen LogP contribution in [0.15, 0.2) is 18.6 Å². The van der Waals surface area contributed by atoms with Gasteiger partial charge in [0.05, 0.1) is 18.8 Å². The van der Waals surface area contributed by atoms with Gasteiger partial charge < -0.3 is 14.4 Å². The molecule has 7 heteroatoms. The summed E-state index contributed by atoms with van der Waals surface area (Å²) >= 11 is 0. The Bertz CT molecular complexity index is 542. The van der Waals surface area contributed by atoms with Crippen molar-refractivity contribution in [1.29, 1.82) is 0 Å². The van der Waals surface area contributed by atoms with Gasteiger partial charge in [-0.2, -0.15) is 0 Å². The van der Waals surface area contributed by atoms with Crippen molar-refractivity contribution >= 4 is 11.9 Å². The zero-order valence-corrected chi connectivity index (χ0v) is 13.8. The van der Waals surface area contributed by atoms with E-state index in [2.05, 4.69) is 9.97 Å². The van der Waals surface area contributed by atoms with E-state index in [0.717, 1.165) is 12.8 Å². The fourth-order valence-corrected chi connectivity index (χ4v) is 2.37. The molecule has 1 aromatic rings. The molecule has 1 aliphatic heterocycles. The van der Waals surface area contributed by atoms with Crippen LogP contribution in [-0.4, -0.2) is 58.1 Å². The van der Waals surface area contributed by atoms with E-state index in [1.807, 2.05) is 20.8 Å². The van der Waals surface area contributed by atoms with Gasteiger partial charge in [0.25, 0.3) is 0 Å². The van der Waals surface area contributed by atoms with Gasteiger partial charge in [-0.25, -0.2) is 9.78 Å². The lowest BCUT2D eigenvalue weighted by Gasteiger charge is -2.28. The normalized spacial score (nSPS) is 18.0. The van der Waals surface area contributed by atoms with Crippen LogP contribution in [0.5, 0.6) is 0 Å². The average molecular weight is 321 g/mol. The number of amides is 1. The predicted molar refractivity (Wildman–Crippen MR) is 83.1 cm³/mol. The molecule has 126 valence electrons. The molecule has 0 saturated carbocycles. The summed E-state index contributed by atoms with van der Waals surface area (Å²) in [6.45, 7) is 6.41. The second-order valence-corrected chi connectivity index (χ2v) is 6.50. The number of Topliss-reactive ketones (excluding diaryl/α,β-unsaturated/α-hetero) is 1. The second kappa shape index (κ2) is 7.50. The minimum absolute atomic E-state index is 0.0560. The van der Waals surface area contributed by atoms with E-state index in [9.17, 15) is 9.59 Å². The first-order valence-electron chi connectivity index (χ1n) is 7.73. The Morgan fingerprint density at radius 1 is 1.35 bits per heavy atom. The summed E-state index contributed by atoms with van der Waals surface area (Å²) in [5, 5.41) is 0. The summed E-state index contributed by atoms with van der Waals surface area (Å²) in [5.74, 6) is -0.222. The number of rotatable bonds is 5. The Hall–Kier alpha value is -2.02. The SMILES string of the molecule is CC(C)(C)OC(=O)N1CCC[C@@H]1COCC(=O)c1cnccn1. The lowest BCUT2D eigenvalue weighted by molar-refractivity contribution is 0.0115. The number of likely N-dealkylation sites (tertiary alicyclic amines) is 1. The summed E-state index contributed by atoms with van der Waals surface area (Å²) < 4.78 is 10.9. The number of ether oxygens (including phenoxy) is 2. The van der Waals surface area contributed by atoms with Crippen LogP contribution in [0.25, 0.3) is 0 Å². The van der Waals surface area contributed by atoms with Crippen LogP contribution in [-0.2, 0) is 9.47 Å². The average Bonchev–Trinajstić information content (AvgIpc) is 2.95. The number of nitrogens with zero attached hydrogens (tertiary/aromatic N) is 3. The molecular weight excluding hydrogens is 298 g/mol. The summed E-state index contributed by atoms with van der Waals surface area (Å²) in [5.41, 5.74) is -0.240. The molecule has 1 fully saturated rings. The third-order valence-corrected chi connectivity index (χ3v) is 3.40. The molecule has 0 unspecified atom stereocenters. The molecule has 1 aromatic heterocycles. The Morgan fingerprint density at radius 3 is 2.78 bits per heavy atom. The van der Waals surface area contributed by atoms with E-state index in [1.54, 1.807) is 4.90 Å². The van der Waals surface area contributed by atoms with E-state index in [0.29, 0.717) is 13.2 Å². The van der Waals surface area contributed by atoms with Crippen molar-refractivity contribution in [2.24, 2.45) is 0 Å². The molecule has 0 aliphatic carbocycles. The van der Waals surface area contributed by atoms with Gasteiger partial charge in [-0.1, -0.05) is 0 Å². The molecule has 7 nitrogen and oxygen atoms in total. The van der Waals surface area contributed by atoms with Crippen molar-refractivity contribution in [2.45, 2.75) is 45.3 Å². The molecule has 0 aromatic carbocycles. The number of ketones is 1. The summed E-state index contributed by atoms with van der Waals surface area (Å²) in [4.78, 5) is 33.5. The van der Waals surface area contributed by atoms with Crippen LogP contribution in [0, 0.1) is 0 Å². The zero-order chi connectivity index (χ0) is 16.9. The van der Waals surface area contributed by atoms with Crippen LogP contribution in [0.4, 0.5) is 4.79 Å². The van der Waals surface area contributed by atoms with Gasteiger partial charge in [-0.15, -0.1) is 0 Å². The van der Waals surface area contributed by atoms with Gasteiger partial charge >= 0.3 is 6.09 Å². The number of carbonyl (C=O) groups is 2. The molecule has 0 spiro atoms. The minimum Gasteiger partial charge on any atom is -0.444 e. The Kier molecular flexibility index (Phi) is 5.65. The number of carbonyl (C=O) groups excluding carboxylic acids is 2. The van der Waals surface area contributed by atoms with E-state index in [4.69, 9.17) is 9.47 Å². The highest BCUT2D eigenvalue weighted by Crippen LogP contribution is 2.21. The van der Waals surface area contributed by atoms with Crippen LogP contribution in [0.1, 0.15) is 44.1 Å². The van der Waals surface area contributed by atoms with Crippen LogP contribution in [0.2, 0.25) is 0 Å². The molecule has 2 rings (SSSR count). The molecule has 1 amide bonds. The van der Waals surface area contributed by atoms with Gasteiger partial charge in [0.2, 0.25) is 5.78 Å². The maximum atomic E-state index is 12.2. The Balaban J connectivity index is 1.80. The predicted octanol–water partition coefficient (Wildman–Crippen LogP) is 2.08. The van der Waals surface area contributed by atoms with E-state index >= 15 is 0 Å². The topological polar surface area (TPSA) is 81.6 Å². The largest absolute Gasteiger partial charge is 0.444 e. The van der Waals surface area contributed by atoms with Crippen molar-refractivity contribution in [2.75, 3.05) is 19.8 Å². The van der Waals surface area contributed by atoms with E-state index in [-0.39, 0.29) is 30.2 Å². The van der Waals surface area contributed by atoms with Crippen molar-refractivity contribution < 1.29 is 19.1 Å². The molecule has 2 heterocycles. The van der Waals surface area contributed by atoms with Gasteiger partial charge in [-0.05, 0) is 33.6 Å². The standard InChI is InChI=1S/C16H23N3O4/c1-16(2,3)23-15(21)19-8-4-5-12(19)10-22-11-14(20)13-9-17-6-7-18-13/h6-7,9,12H,4-5,8,10-11H2,1-3H3/t12-/m1/s1. The molecule has 1 atom stereocenters. The van der Waals surface area contributed by atoms with Crippen molar-refractivity contribution in [3.8, 4) is 0 Å². The second-order valence-electron chi connectivity index (χ2n) is 6.50. The maximum absolute atomic E-state index is 12.2. The number of aromatic nitrogens is 2. The van der Waals surface area contributed by atoms with Crippen LogP contribution in [0.3, 0.4) is 0 Å². The first-order chi connectivity index (χ1) is 10.9. The molecule has 1 aliphatic rings. The molecule has 0 bridgehead atoms. The quantitative estimate of drug-likeness (QED) is 0.772. The lowest BCUT2D eigenvalue weighted by Crippen LogP contribution is -2.41. The smallest absolute Gasteiger partial charge is 0.410 e. The van der Waals surface area contributed by atoms with Crippen molar-refractivity contribution in [1.82, 2.24) is 14.9 Å². The number of hydrogen-bond acceptors (Lipinski definition) is 6. The zero-order valence-electron chi connectivity index (χ0n) is 13.8. The summed E-state index contributed by atoms with van der Waals surface area (Å²) in [6.07, 6.45) is 5.81. The molecule has 1 saturated heterocycles. The minimum atomic E-state index is -0.521. The third-order valence-electron chi connectivity index (χ3n) is 3.40. The number of hydrogen-bond donors (Lipinski definition) is 0. The fourth-order valence-electron chi connectivity index (χ4n) is 2.37. The third kappa shape index (κ3) is 5.28. The van der Waals surface area contributed by atoms with Gasteiger partial charge in [0, 0.05) is 18.9 Å². The van der Waals surface area contributed by atoms with Crippen LogP contribution < -0.4 is 0 Å². The van der Waals surface area contributed by atoms with Gasteiger partial charge in [0.1, 0.15) is 17.9 Å². The van der Waals surface area contributed by atoms with Crippen LogP contribution >= 0.6 is 0 Å². The molecule has 0 N–H and O–H groups in total. The Labute approximate surface area is 136 Å². The lowest BCUT2D eigenvalue weighted by atomic mass is 10.2. The highest BCUT2D eigenvalue weighted by atomic mass is 16.6. The highest BCUT2D eigenvalue weighted by Gasteiger charge is 2.32. The van der Waals surface area contributed by atoms with Crippen molar-refractivity contribution in [3.63, 3.8) is 0 Å². The van der Waals surface area contributed by atoms with Gasteiger partial charge in [-0.3, -0.25) is 9.78 Å². The van der Waals surface area contributed by atoms with E-state index < -0.39 is 5.60 Å².